The number of nitrogens with zero attached hydrogens (tertiary/aromatic N) is 4. The lowest BCUT2D eigenvalue weighted by Gasteiger charge is -2.07. The first-order valence-electron chi connectivity index (χ1n) is 5.62. The molecule has 0 saturated carbocycles. The SMILES string of the molecule is C=Cn1nnc(NC(=O)c2cc(OC)cc(OC)c2)n1. The Bertz CT molecular complexity index is 616. The van der Waals surface area contributed by atoms with Crippen LogP contribution in [0.5, 0.6) is 11.5 Å². The molecule has 0 bridgehead atoms. The fourth-order valence-electron chi connectivity index (χ4n) is 1.46. The third kappa shape index (κ3) is 2.91. The third-order valence-corrected chi connectivity index (χ3v) is 2.43. The summed E-state index contributed by atoms with van der Waals surface area (Å²) >= 11 is 0. The van der Waals surface area contributed by atoms with E-state index in [0.29, 0.717) is 17.1 Å². The number of rotatable bonds is 5. The molecule has 8 nitrogen and oxygen atoms in total. The first-order valence-corrected chi connectivity index (χ1v) is 5.62. The summed E-state index contributed by atoms with van der Waals surface area (Å²) in [5, 5.41) is 13.7. The van der Waals surface area contributed by atoms with Gasteiger partial charge in [0, 0.05) is 17.8 Å². The highest BCUT2D eigenvalue weighted by molar-refractivity contribution is 6.03. The van der Waals surface area contributed by atoms with Gasteiger partial charge in [-0.2, -0.15) is 0 Å². The Hall–Kier alpha value is -2.90. The van der Waals surface area contributed by atoms with Crippen molar-refractivity contribution in [1.82, 2.24) is 20.2 Å². The van der Waals surface area contributed by atoms with Gasteiger partial charge in [-0.25, -0.2) is 0 Å². The molecule has 0 aliphatic heterocycles. The Morgan fingerprint density at radius 1 is 1.30 bits per heavy atom. The van der Waals surface area contributed by atoms with Crippen molar-refractivity contribution >= 4 is 18.1 Å². The predicted octanol–water partition coefficient (Wildman–Crippen LogP) is 1.04. The molecule has 8 heteroatoms. The highest BCUT2D eigenvalue weighted by atomic mass is 16.5. The molecule has 0 unspecified atom stereocenters. The van der Waals surface area contributed by atoms with Gasteiger partial charge in [0.05, 0.1) is 14.2 Å². The molecule has 2 rings (SSSR count). The van der Waals surface area contributed by atoms with Crippen LogP contribution in [0.3, 0.4) is 0 Å². The first-order chi connectivity index (χ1) is 9.66. The van der Waals surface area contributed by atoms with Crippen LogP contribution in [0.4, 0.5) is 5.95 Å². The number of hydrogen-bond donors (Lipinski definition) is 1. The number of hydrogen-bond acceptors (Lipinski definition) is 6. The first kappa shape index (κ1) is 13.5. The van der Waals surface area contributed by atoms with Crippen LogP contribution in [-0.2, 0) is 0 Å². The Morgan fingerprint density at radius 2 is 1.95 bits per heavy atom. The van der Waals surface area contributed by atoms with Crippen LogP contribution >= 0.6 is 0 Å². The minimum atomic E-state index is -0.397. The van der Waals surface area contributed by atoms with Crippen LogP contribution < -0.4 is 14.8 Å². The summed E-state index contributed by atoms with van der Waals surface area (Å²) in [6, 6.07) is 4.83. The van der Waals surface area contributed by atoms with Crippen LogP contribution in [-0.4, -0.2) is 40.3 Å². The molecule has 0 aliphatic carbocycles. The highest BCUT2D eigenvalue weighted by Gasteiger charge is 2.12. The molecule has 0 saturated heterocycles. The fourth-order valence-corrected chi connectivity index (χ4v) is 1.46. The van der Waals surface area contributed by atoms with Crippen LogP contribution in [0.15, 0.2) is 24.8 Å². The van der Waals surface area contributed by atoms with Crippen molar-refractivity contribution in [3.63, 3.8) is 0 Å². The molecule has 0 spiro atoms. The molecule has 104 valence electrons. The van der Waals surface area contributed by atoms with Gasteiger partial charge in [-0.05, 0) is 17.3 Å². The molecule has 1 heterocycles. The second kappa shape index (κ2) is 5.83. The number of amides is 1. The smallest absolute Gasteiger partial charge is 0.270 e. The van der Waals surface area contributed by atoms with Gasteiger partial charge in [-0.15, -0.1) is 9.90 Å². The number of methoxy groups -OCH3 is 2. The van der Waals surface area contributed by atoms with E-state index in [4.69, 9.17) is 9.47 Å². The average molecular weight is 275 g/mol. The Morgan fingerprint density at radius 3 is 2.45 bits per heavy atom. The molecule has 0 aliphatic rings. The molecule has 1 aromatic carbocycles. The number of benzene rings is 1. The van der Waals surface area contributed by atoms with Gasteiger partial charge in [0.1, 0.15) is 11.5 Å². The number of aromatic nitrogens is 4. The zero-order valence-corrected chi connectivity index (χ0v) is 11.0. The van der Waals surface area contributed by atoms with Crippen LogP contribution in [0.2, 0.25) is 0 Å². The standard InChI is InChI=1S/C12H13N5O3/c1-4-17-15-12(14-16-17)13-11(18)8-5-9(19-2)7-10(6-8)20-3/h4-7H,1H2,2-3H3,(H,13,15,18). The molecule has 20 heavy (non-hydrogen) atoms. The molecular formula is C12H13N5O3. The van der Waals surface area contributed by atoms with E-state index in [1.807, 2.05) is 0 Å². The summed E-state index contributed by atoms with van der Waals surface area (Å²) in [5.41, 5.74) is 0.358. The minimum absolute atomic E-state index is 0.0803. The summed E-state index contributed by atoms with van der Waals surface area (Å²) < 4.78 is 10.2. The van der Waals surface area contributed by atoms with Crippen molar-refractivity contribution in [2.24, 2.45) is 0 Å². The van der Waals surface area contributed by atoms with E-state index in [-0.39, 0.29) is 5.95 Å². The summed E-state index contributed by atoms with van der Waals surface area (Å²) in [6.07, 6.45) is 1.36. The summed E-state index contributed by atoms with van der Waals surface area (Å²) in [7, 11) is 3.02. The van der Waals surface area contributed by atoms with Crippen molar-refractivity contribution in [2.75, 3.05) is 19.5 Å². The van der Waals surface area contributed by atoms with Crippen molar-refractivity contribution in [3.8, 4) is 11.5 Å². The van der Waals surface area contributed by atoms with Crippen molar-refractivity contribution in [1.29, 1.82) is 0 Å². The second-order valence-corrected chi connectivity index (χ2v) is 3.67. The van der Waals surface area contributed by atoms with Crippen molar-refractivity contribution in [2.45, 2.75) is 0 Å². The number of carbonyl (C=O) groups is 1. The minimum Gasteiger partial charge on any atom is -0.497 e. The van der Waals surface area contributed by atoms with Gasteiger partial charge >= 0.3 is 0 Å². The van der Waals surface area contributed by atoms with Gasteiger partial charge in [-0.3, -0.25) is 10.1 Å². The maximum absolute atomic E-state index is 12.1. The van der Waals surface area contributed by atoms with Gasteiger partial charge in [0.15, 0.2) is 0 Å². The number of carbonyl (C=O) groups excluding carboxylic acids is 1. The van der Waals surface area contributed by atoms with Crippen LogP contribution in [0, 0.1) is 0 Å². The monoisotopic (exact) mass is 275 g/mol. The van der Waals surface area contributed by atoms with E-state index >= 15 is 0 Å². The van der Waals surface area contributed by atoms with E-state index in [1.165, 1.54) is 20.4 Å². The van der Waals surface area contributed by atoms with E-state index in [0.717, 1.165) is 4.80 Å². The second-order valence-electron chi connectivity index (χ2n) is 3.67. The van der Waals surface area contributed by atoms with E-state index in [2.05, 4.69) is 27.3 Å². The molecule has 0 atom stereocenters. The summed E-state index contributed by atoms with van der Waals surface area (Å²) in [4.78, 5) is 13.2. The van der Waals surface area contributed by atoms with Crippen molar-refractivity contribution in [3.05, 3.63) is 30.3 Å². The quantitative estimate of drug-likeness (QED) is 0.876. The molecule has 2 aromatic rings. The van der Waals surface area contributed by atoms with Gasteiger partial charge in [-0.1, -0.05) is 11.7 Å². The lowest BCUT2D eigenvalue weighted by Crippen LogP contribution is -2.13. The molecule has 1 aromatic heterocycles. The summed E-state index contributed by atoms with van der Waals surface area (Å²) in [6.45, 7) is 3.48. The fraction of sp³-hybridized carbons (Fsp3) is 0.167. The average Bonchev–Trinajstić information content (AvgIpc) is 2.94. The Kier molecular flexibility index (Phi) is 3.94. The predicted molar refractivity (Wildman–Crippen MR) is 71.7 cm³/mol. The topological polar surface area (TPSA) is 91.2 Å². The lowest BCUT2D eigenvalue weighted by molar-refractivity contribution is 0.102. The molecule has 1 amide bonds. The largest absolute Gasteiger partial charge is 0.497 e. The molecule has 0 radical (unpaired) electrons. The normalized spacial score (nSPS) is 9.90. The Balaban J connectivity index is 2.21. The number of ether oxygens (including phenoxy) is 2. The maximum atomic E-state index is 12.1. The molecular weight excluding hydrogens is 262 g/mol. The molecule has 1 N–H and O–H groups in total. The van der Waals surface area contributed by atoms with Crippen LogP contribution in [0.1, 0.15) is 10.4 Å². The van der Waals surface area contributed by atoms with Crippen molar-refractivity contribution < 1.29 is 14.3 Å². The van der Waals surface area contributed by atoms with E-state index < -0.39 is 5.91 Å². The zero-order valence-electron chi connectivity index (χ0n) is 11.0. The maximum Gasteiger partial charge on any atom is 0.270 e. The Labute approximate surface area is 115 Å². The van der Waals surface area contributed by atoms with E-state index in [9.17, 15) is 4.79 Å². The number of anilines is 1. The van der Waals surface area contributed by atoms with Gasteiger partial charge in [0.2, 0.25) is 0 Å². The number of nitrogens with one attached hydrogen (secondary N) is 1. The zero-order chi connectivity index (χ0) is 14.5. The summed E-state index contributed by atoms with van der Waals surface area (Å²) in [5.74, 6) is 0.705. The van der Waals surface area contributed by atoms with Gasteiger partial charge in [0.25, 0.3) is 11.9 Å². The lowest BCUT2D eigenvalue weighted by atomic mass is 10.2. The van der Waals surface area contributed by atoms with Gasteiger partial charge < -0.3 is 9.47 Å². The number of tetrazole rings is 1. The highest BCUT2D eigenvalue weighted by Crippen LogP contribution is 2.22. The third-order valence-electron chi connectivity index (χ3n) is 2.43. The van der Waals surface area contributed by atoms with E-state index in [1.54, 1.807) is 18.2 Å². The van der Waals surface area contributed by atoms with Crippen LogP contribution in [0.25, 0.3) is 6.20 Å². The molecule has 0 fully saturated rings.